The van der Waals surface area contributed by atoms with Crippen LogP contribution >= 0.6 is 0 Å². The zero-order chi connectivity index (χ0) is 46.2. The lowest BCUT2D eigenvalue weighted by Gasteiger charge is -2.37. The number of anilines is 3. The zero-order valence-electron chi connectivity index (χ0n) is 38.7. The number of para-hydroxylation sites is 3. The van der Waals surface area contributed by atoms with Crippen molar-refractivity contribution in [3.63, 3.8) is 0 Å². The number of rotatable bonds is 13. The number of allylic oxidation sites excluding steroid dienone is 7. The average Bonchev–Trinajstić information content (AvgIpc) is 3.41. The van der Waals surface area contributed by atoms with Gasteiger partial charge in [0.15, 0.2) is 0 Å². The molecule has 0 amide bonds. The van der Waals surface area contributed by atoms with Gasteiger partial charge in [-0.15, -0.1) is 0 Å². The first-order valence-electron chi connectivity index (χ1n) is 23.6. The highest BCUT2D eigenvalue weighted by atomic mass is 15.2. The summed E-state index contributed by atoms with van der Waals surface area (Å²) in [6.45, 7) is 6.31. The van der Waals surface area contributed by atoms with Crippen LogP contribution in [-0.4, -0.2) is 13.1 Å². The third-order valence-electron chi connectivity index (χ3n) is 13.1. The second-order valence-corrected chi connectivity index (χ2v) is 17.3. The Morgan fingerprint density at radius 2 is 1.09 bits per heavy atom. The lowest BCUT2D eigenvalue weighted by atomic mass is 9.84. The van der Waals surface area contributed by atoms with Crippen LogP contribution in [0.4, 0.5) is 17.1 Å². The molecule has 0 heterocycles. The predicted octanol–water partition coefficient (Wildman–Crippen LogP) is 17.7. The molecule has 1 aliphatic rings. The molecule has 0 aliphatic heterocycles. The first-order chi connectivity index (χ1) is 33.6. The van der Waals surface area contributed by atoms with Gasteiger partial charge >= 0.3 is 0 Å². The van der Waals surface area contributed by atoms with E-state index in [1.807, 2.05) is 13.0 Å². The van der Waals surface area contributed by atoms with Crippen molar-refractivity contribution in [3.05, 3.63) is 283 Å². The summed E-state index contributed by atoms with van der Waals surface area (Å²) < 4.78 is 0. The lowest BCUT2D eigenvalue weighted by molar-refractivity contribution is 0.742. The van der Waals surface area contributed by atoms with Crippen molar-refractivity contribution >= 4 is 61.9 Å². The zero-order valence-corrected chi connectivity index (χ0v) is 38.7. The van der Waals surface area contributed by atoms with Crippen LogP contribution in [-0.2, 0) is 0 Å². The second-order valence-electron chi connectivity index (χ2n) is 17.3. The van der Waals surface area contributed by atoms with Gasteiger partial charge < -0.3 is 9.80 Å². The smallest absolute Gasteiger partial charge is 0.0580 e. The van der Waals surface area contributed by atoms with Gasteiger partial charge in [-0.1, -0.05) is 213 Å². The van der Waals surface area contributed by atoms with Gasteiger partial charge in [0.1, 0.15) is 0 Å². The Morgan fingerprint density at radius 3 is 1.75 bits per heavy atom. The lowest BCUT2D eigenvalue weighted by Crippen LogP contribution is -2.34. The van der Waals surface area contributed by atoms with Crippen molar-refractivity contribution in [1.82, 2.24) is 0 Å². The van der Waals surface area contributed by atoms with Crippen molar-refractivity contribution in [1.29, 1.82) is 0 Å². The van der Waals surface area contributed by atoms with Crippen LogP contribution in [0.5, 0.6) is 0 Å². The minimum absolute atomic E-state index is 0.125. The summed E-state index contributed by atoms with van der Waals surface area (Å²) in [4.78, 5) is 4.82. The van der Waals surface area contributed by atoms with Crippen LogP contribution in [0.3, 0.4) is 0 Å². The highest BCUT2D eigenvalue weighted by Crippen LogP contribution is 2.43. The Kier molecular flexibility index (Phi) is 12.7. The molecule has 1 atom stereocenters. The molecular weight excluding hydrogens is 821 g/mol. The van der Waals surface area contributed by atoms with E-state index in [9.17, 15) is 0 Å². The van der Waals surface area contributed by atoms with Crippen LogP contribution in [0.15, 0.2) is 261 Å². The minimum atomic E-state index is 0.125. The third-order valence-corrected chi connectivity index (χ3v) is 13.1. The van der Waals surface area contributed by atoms with Gasteiger partial charge in [-0.25, -0.2) is 0 Å². The Morgan fingerprint density at radius 1 is 0.529 bits per heavy atom. The molecule has 0 saturated heterocycles. The van der Waals surface area contributed by atoms with Crippen molar-refractivity contribution in [2.45, 2.75) is 19.4 Å². The molecule has 0 spiro atoms. The first kappa shape index (κ1) is 43.4. The molecule has 10 rings (SSSR count). The monoisotopic (exact) mass is 874 g/mol. The Balaban J connectivity index is 0.950. The SMILES string of the molecule is C=C/C(=C\C=C/C)c1c(-c2ccc3cc(/C=C/c4ccc(C5=C(N(C)c6ccccc6)CC(N(c6ccccc6)c6ccccc6)C=C5)cc4)ccc3c2)cc(-c2ccccc2)c2ccccc12. The molecule has 1 unspecified atom stereocenters. The van der Waals surface area contributed by atoms with E-state index in [0.29, 0.717) is 0 Å². The van der Waals surface area contributed by atoms with Crippen LogP contribution in [0.1, 0.15) is 35.6 Å². The summed E-state index contributed by atoms with van der Waals surface area (Å²) in [5, 5.41) is 4.84. The molecule has 328 valence electrons. The van der Waals surface area contributed by atoms with Gasteiger partial charge in [0.2, 0.25) is 0 Å². The van der Waals surface area contributed by atoms with Gasteiger partial charge in [-0.2, -0.15) is 0 Å². The molecule has 0 N–H and O–H groups in total. The van der Waals surface area contributed by atoms with Gasteiger partial charge in [0.25, 0.3) is 0 Å². The average molecular weight is 875 g/mol. The largest absolute Gasteiger partial charge is 0.347 e. The predicted molar refractivity (Wildman–Crippen MR) is 295 cm³/mol. The number of nitrogens with zero attached hydrogens (tertiary/aromatic N) is 2. The van der Waals surface area contributed by atoms with Gasteiger partial charge in [0.05, 0.1) is 6.04 Å². The topological polar surface area (TPSA) is 6.48 Å². The van der Waals surface area contributed by atoms with Crippen LogP contribution in [0.2, 0.25) is 0 Å². The molecule has 9 aromatic carbocycles. The fourth-order valence-corrected chi connectivity index (χ4v) is 9.68. The summed E-state index contributed by atoms with van der Waals surface area (Å²) in [6, 6.07) is 76.8. The van der Waals surface area contributed by atoms with Crippen molar-refractivity contribution in [2.24, 2.45) is 0 Å². The fraction of sp³-hybridized carbons (Fsp3) is 0.0606. The van der Waals surface area contributed by atoms with Gasteiger partial charge in [-0.05, 0) is 133 Å². The first-order valence-corrected chi connectivity index (χ1v) is 23.6. The van der Waals surface area contributed by atoms with E-state index in [-0.39, 0.29) is 6.04 Å². The van der Waals surface area contributed by atoms with E-state index in [0.717, 1.165) is 23.1 Å². The quantitative estimate of drug-likeness (QED) is 0.0841. The number of hydrogen-bond donors (Lipinski definition) is 0. The highest BCUT2D eigenvalue weighted by Gasteiger charge is 2.27. The van der Waals surface area contributed by atoms with Crippen LogP contribution in [0.25, 0.3) is 67.1 Å². The van der Waals surface area contributed by atoms with E-state index in [1.165, 1.54) is 83.3 Å². The maximum atomic E-state index is 4.27. The highest BCUT2D eigenvalue weighted by molar-refractivity contribution is 6.09. The second kappa shape index (κ2) is 20.0. The van der Waals surface area contributed by atoms with Crippen LogP contribution in [0, 0.1) is 0 Å². The molecule has 1 aliphatic carbocycles. The molecule has 9 aromatic rings. The summed E-state index contributed by atoms with van der Waals surface area (Å²) in [5.41, 5.74) is 16.6. The molecule has 0 bridgehead atoms. The molecule has 0 radical (unpaired) electrons. The summed E-state index contributed by atoms with van der Waals surface area (Å²) in [6.07, 6.45) is 18.3. The molecule has 2 heteroatoms. The summed E-state index contributed by atoms with van der Waals surface area (Å²) in [5.74, 6) is 0. The molecule has 0 aromatic heterocycles. The standard InChI is InChI=1S/C66H54N2/c1-4-6-21-50(5-2)66-62-31-20-19-30-61(62)63(51-22-11-7-12-23-51)47-64(66)55-41-40-53-44-49(36-39-54(53)45-55)33-32-48-34-37-52(38-35-48)60-43-42-59(46-65(60)67(3)56-24-13-8-14-25-56)68(57-26-15-9-16-27-57)58-28-17-10-18-29-58/h4-45,47,59H,2,46H2,1,3H3/b6-4-,33-32+,50-21+. The van der Waals surface area contributed by atoms with Gasteiger partial charge in [-0.3, -0.25) is 0 Å². The molecule has 0 fully saturated rings. The third kappa shape index (κ3) is 9.05. The number of fused-ring (bicyclic) bond motifs is 2. The van der Waals surface area contributed by atoms with Crippen molar-refractivity contribution < 1.29 is 0 Å². The van der Waals surface area contributed by atoms with Gasteiger partial charge in [0, 0.05) is 41.8 Å². The van der Waals surface area contributed by atoms with Crippen molar-refractivity contribution in [3.8, 4) is 22.3 Å². The Hall–Kier alpha value is -8.46. The van der Waals surface area contributed by atoms with Crippen molar-refractivity contribution in [2.75, 3.05) is 16.8 Å². The Bertz CT molecular complexity index is 3340. The van der Waals surface area contributed by atoms with E-state index >= 15 is 0 Å². The normalized spacial score (nSPS) is 14.0. The fourth-order valence-electron chi connectivity index (χ4n) is 9.68. The summed E-state index contributed by atoms with van der Waals surface area (Å²) in [7, 11) is 2.20. The molecule has 2 nitrogen and oxygen atoms in total. The molecular formula is C66H54N2. The van der Waals surface area contributed by atoms with E-state index in [1.54, 1.807) is 0 Å². The number of benzene rings is 9. The maximum absolute atomic E-state index is 4.27. The number of hydrogen-bond acceptors (Lipinski definition) is 2. The maximum Gasteiger partial charge on any atom is 0.0580 e. The molecule has 0 saturated carbocycles. The van der Waals surface area contributed by atoms with E-state index in [2.05, 4.69) is 278 Å². The van der Waals surface area contributed by atoms with E-state index in [4.69, 9.17) is 0 Å². The summed E-state index contributed by atoms with van der Waals surface area (Å²) >= 11 is 0. The van der Waals surface area contributed by atoms with E-state index < -0.39 is 0 Å². The minimum Gasteiger partial charge on any atom is -0.347 e. The molecule has 68 heavy (non-hydrogen) atoms. The van der Waals surface area contributed by atoms with Crippen LogP contribution < -0.4 is 9.80 Å². The Labute approximate surface area is 401 Å².